The molecule has 0 fully saturated rings. The van der Waals surface area contributed by atoms with Crippen LogP contribution in [0.5, 0.6) is 0 Å². The van der Waals surface area contributed by atoms with Crippen molar-refractivity contribution in [2.45, 2.75) is 33.1 Å². The van der Waals surface area contributed by atoms with E-state index in [1.165, 1.54) is 0 Å². The van der Waals surface area contributed by atoms with Crippen LogP contribution in [0.4, 0.5) is 5.69 Å². The average molecular weight is 493 g/mol. The lowest BCUT2D eigenvalue weighted by Gasteiger charge is -2.11. The maximum absolute atomic E-state index is 13.2. The first-order chi connectivity index (χ1) is 16.6. The highest BCUT2D eigenvalue weighted by Gasteiger charge is 2.22. The molecule has 0 aliphatic carbocycles. The Balaban J connectivity index is 1.71. The lowest BCUT2D eigenvalue weighted by molar-refractivity contribution is -0.116. The normalized spacial score (nSPS) is 11.5. The van der Waals surface area contributed by atoms with Gasteiger partial charge in [-0.1, -0.05) is 49.7 Å². The zero-order chi connectivity index (χ0) is 25.3. The Morgan fingerprint density at radius 2 is 1.89 bits per heavy atom. The molecule has 0 aliphatic rings. The van der Waals surface area contributed by atoms with Gasteiger partial charge >= 0.3 is 0 Å². The van der Waals surface area contributed by atoms with Crippen molar-refractivity contribution in [3.05, 3.63) is 80.5 Å². The Morgan fingerprint density at radius 3 is 2.51 bits per heavy atom. The zero-order valence-electron chi connectivity index (χ0n) is 20.5. The molecule has 2 N–H and O–H groups in total. The second kappa shape index (κ2) is 10.0. The first-order valence-electron chi connectivity index (χ1n) is 11.4. The molecule has 8 nitrogen and oxygen atoms in total. The van der Waals surface area contributed by atoms with Crippen molar-refractivity contribution in [3.63, 3.8) is 0 Å². The smallest absolute Gasteiger partial charge is 0.262 e. The number of anilines is 1. The SMILES string of the molecule is Cc1cccc(Cl)c1-n1nc(C(C)C)c2c(=O)[nH]c(Cc3ccc(NC(=O)CN(C)C)cc3)nc21. The highest BCUT2D eigenvalue weighted by atomic mass is 35.5. The van der Waals surface area contributed by atoms with Gasteiger partial charge < -0.3 is 15.2 Å². The van der Waals surface area contributed by atoms with Crippen LogP contribution in [-0.4, -0.2) is 51.2 Å². The van der Waals surface area contributed by atoms with Gasteiger partial charge in [0.1, 0.15) is 11.2 Å². The molecule has 0 saturated carbocycles. The van der Waals surface area contributed by atoms with Crippen LogP contribution in [-0.2, 0) is 11.2 Å². The van der Waals surface area contributed by atoms with E-state index in [2.05, 4.69) is 10.3 Å². The number of halogens is 1. The summed E-state index contributed by atoms with van der Waals surface area (Å²) >= 11 is 6.53. The van der Waals surface area contributed by atoms with E-state index >= 15 is 0 Å². The number of aryl methyl sites for hydroxylation is 1. The lowest BCUT2D eigenvalue weighted by atomic mass is 10.1. The van der Waals surface area contributed by atoms with Crippen LogP contribution in [0.1, 0.15) is 42.4 Å². The second-order valence-corrected chi connectivity index (χ2v) is 9.64. The van der Waals surface area contributed by atoms with E-state index in [9.17, 15) is 9.59 Å². The Kier molecular flexibility index (Phi) is 7.05. The van der Waals surface area contributed by atoms with Gasteiger partial charge in [0, 0.05) is 12.1 Å². The molecule has 4 rings (SSSR count). The molecule has 2 heterocycles. The molecule has 35 heavy (non-hydrogen) atoms. The van der Waals surface area contributed by atoms with Crippen molar-refractivity contribution in [2.75, 3.05) is 26.0 Å². The van der Waals surface area contributed by atoms with E-state index in [-0.39, 0.29) is 17.4 Å². The number of aromatic nitrogens is 4. The summed E-state index contributed by atoms with van der Waals surface area (Å²) in [5.74, 6) is 0.474. The fourth-order valence-electron chi connectivity index (χ4n) is 4.02. The number of carbonyl (C=O) groups is 1. The summed E-state index contributed by atoms with van der Waals surface area (Å²) in [4.78, 5) is 34.7. The second-order valence-electron chi connectivity index (χ2n) is 9.23. The maximum atomic E-state index is 13.2. The molecule has 0 aliphatic heterocycles. The molecule has 0 saturated heterocycles. The number of nitrogens with zero attached hydrogens (tertiary/aromatic N) is 4. The predicted molar refractivity (Wildman–Crippen MR) is 140 cm³/mol. The molecule has 182 valence electrons. The Hall–Kier alpha value is -3.49. The number of rotatable bonds is 7. The van der Waals surface area contributed by atoms with Crippen LogP contribution < -0.4 is 10.9 Å². The number of hydrogen-bond donors (Lipinski definition) is 2. The molecule has 1 amide bonds. The van der Waals surface area contributed by atoms with Crippen molar-refractivity contribution in [2.24, 2.45) is 0 Å². The molecule has 2 aromatic carbocycles. The van der Waals surface area contributed by atoms with Gasteiger partial charge in [-0.05, 0) is 56.3 Å². The van der Waals surface area contributed by atoms with Crippen LogP contribution in [0, 0.1) is 6.92 Å². The number of fused-ring (bicyclic) bond motifs is 1. The van der Waals surface area contributed by atoms with Gasteiger partial charge in [-0.15, -0.1) is 0 Å². The number of nitrogens with one attached hydrogen (secondary N) is 2. The molecule has 0 spiro atoms. The first kappa shape index (κ1) is 24.6. The summed E-state index contributed by atoms with van der Waals surface area (Å²) in [6.07, 6.45) is 0.417. The number of likely N-dealkylation sites (N-methyl/N-ethyl adjacent to an activating group) is 1. The summed E-state index contributed by atoms with van der Waals surface area (Å²) in [7, 11) is 3.69. The minimum absolute atomic E-state index is 0.0329. The van der Waals surface area contributed by atoms with Gasteiger partial charge in [-0.3, -0.25) is 9.59 Å². The number of aromatic amines is 1. The Morgan fingerprint density at radius 1 is 1.17 bits per heavy atom. The highest BCUT2D eigenvalue weighted by Crippen LogP contribution is 2.29. The molecule has 4 aromatic rings. The molecule has 9 heteroatoms. The molecule has 0 atom stereocenters. The number of para-hydroxylation sites is 1. The average Bonchev–Trinajstić information content (AvgIpc) is 3.14. The molecule has 2 aromatic heterocycles. The Labute approximate surface area is 208 Å². The third-order valence-corrected chi connectivity index (χ3v) is 5.94. The van der Waals surface area contributed by atoms with Gasteiger partial charge in [0.15, 0.2) is 5.65 Å². The molecule has 0 radical (unpaired) electrons. The highest BCUT2D eigenvalue weighted by molar-refractivity contribution is 6.32. The first-order valence-corrected chi connectivity index (χ1v) is 11.8. The summed E-state index contributed by atoms with van der Waals surface area (Å²) in [5, 5.41) is 8.64. The molecular formula is C26H29ClN6O2. The van der Waals surface area contributed by atoms with Gasteiger partial charge in [0.2, 0.25) is 5.91 Å². The van der Waals surface area contributed by atoms with Gasteiger partial charge in [0.25, 0.3) is 5.56 Å². The predicted octanol–water partition coefficient (Wildman–Crippen LogP) is 4.28. The molecule has 0 bridgehead atoms. The van der Waals surface area contributed by atoms with E-state index in [1.54, 1.807) is 15.6 Å². The molecule has 0 unspecified atom stereocenters. The summed E-state index contributed by atoms with van der Waals surface area (Å²) in [5.41, 5.74) is 4.25. The minimum Gasteiger partial charge on any atom is -0.325 e. The minimum atomic E-state index is -0.225. The van der Waals surface area contributed by atoms with E-state index in [1.807, 2.05) is 71.3 Å². The van der Waals surface area contributed by atoms with Gasteiger partial charge in [0.05, 0.1) is 22.9 Å². The van der Waals surface area contributed by atoms with Crippen LogP contribution >= 0.6 is 11.6 Å². The zero-order valence-corrected chi connectivity index (χ0v) is 21.3. The van der Waals surface area contributed by atoms with Crippen molar-refractivity contribution in [1.29, 1.82) is 0 Å². The number of H-pyrrole nitrogens is 1. The van der Waals surface area contributed by atoms with Crippen molar-refractivity contribution in [3.8, 4) is 5.69 Å². The lowest BCUT2D eigenvalue weighted by Crippen LogP contribution is -2.27. The molecular weight excluding hydrogens is 464 g/mol. The Bertz CT molecular complexity index is 1420. The van der Waals surface area contributed by atoms with Crippen LogP contribution in [0.15, 0.2) is 47.3 Å². The number of carbonyl (C=O) groups excluding carboxylic acids is 1. The third-order valence-electron chi connectivity index (χ3n) is 5.63. The van der Waals surface area contributed by atoms with Crippen molar-refractivity contribution in [1.82, 2.24) is 24.6 Å². The topological polar surface area (TPSA) is 95.9 Å². The fraction of sp³-hybridized carbons (Fsp3) is 0.308. The van der Waals surface area contributed by atoms with Gasteiger partial charge in [-0.2, -0.15) is 5.10 Å². The van der Waals surface area contributed by atoms with E-state index < -0.39 is 0 Å². The summed E-state index contributed by atoms with van der Waals surface area (Å²) < 4.78 is 1.68. The van der Waals surface area contributed by atoms with Crippen molar-refractivity contribution < 1.29 is 4.79 Å². The monoisotopic (exact) mass is 492 g/mol. The quantitative estimate of drug-likeness (QED) is 0.401. The number of hydrogen-bond acceptors (Lipinski definition) is 5. The third kappa shape index (κ3) is 5.28. The van der Waals surface area contributed by atoms with Gasteiger partial charge in [-0.25, -0.2) is 9.67 Å². The van der Waals surface area contributed by atoms with E-state index in [0.717, 1.165) is 11.1 Å². The maximum Gasteiger partial charge on any atom is 0.262 e. The van der Waals surface area contributed by atoms with Crippen LogP contribution in [0.25, 0.3) is 16.7 Å². The van der Waals surface area contributed by atoms with Crippen LogP contribution in [0.3, 0.4) is 0 Å². The largest absolute Gasteiger partial charge is 0.325 e. The van der Waals surface area contributed by atoms with Crippen LogP contribution in [0.2, 0.25) is 5.02 Å². The van der Waals surface area contributed by atoms with Crippen molar-refractivity contribution >= 4 is 34.2 Å². The fourth-order valence-corrected chi connectivity index (χ4v) is 4.32. The summed E-state index contributed by atoms with van der Waals surface area (Å²) in [6, 6.07) is 13.1. The summed E-state index contributed by atoms with van der Waals surface area (Å²) in [6.45, 7) is 6.26. The van der Waals surface area contributed by atoms with E-state index in [0.29, 0.717) is 51.9 Å². The number of amides is 1. The van der Waals surface area contributed by atoms with E-state index in [4.69, 9.17) is 21.7 Å². The standard InChI is InChI=1S/C26H29ClN6O2/c1-15(2)23-22-25(33(31-23)24-16(3)7-6-8-19(24)27)29-20(30-26(22)35)13-17-9-11-18(12-10-17)28-21(34)14-32(4)5/h6-12,15H,13-14H2,1-5H3,(H,28,34)(H,29,30,35). The number of benzene rings is 2.